The summed E-state index contributed by atoms with van der Waals surface area (Å²) >= 11 is 0. The van der Waals surface area contributed by atoms with Gasteiger partial charge in [0.05, 0.1) is 6.10 Å². The molecule has 0 aromatic carbocycles. The number of nitrogens with one attached hydrogen (secondary N) is 1. The molecule has 2 heteroatoms. The lowest BCUT2D eigenvalue weighted by atomic mass is 9.69. The van der Waals surface area contributed by atoms with Gasteiger partial charge in [0, 0.05) is 18.7 Å². The zero-order valence-electron chi connectivity index (χ0n) is 12.7. The first-order chi connectivity index (χ1) is 8.53. The fourth-order valence-electron chi connectivity index (χ4n) is 3.58. The van der Waals surface area contributed by atoms with E-state index in [-0.39, 0.29) is 0 Å². The molecule has 0 aromatic heterocycles. The molecule has 106 valence electrons. The molecule has 0 spiro atoms. The Morgan fingerprint density at radius 2 is 1.78 bits per heavy atom. The third kappa shape index (κ3) is 3.27. The topological polar surface area (TPSA) is 21.3 Å². The Kier molecular flexibility index (Phi) is 4.71. The highest BCUT2D eigenvalue weighted by atomic mass is 16.5. The fraction of sp³-hybridized carbons (Fsp3) is 1.00. The molecule has 2 fully saturated rings. The van der Waals surface area contributed by atoms with Gasteiger partial charge in [0.15, 0.2) is 0 Å². The SMILES string of the molecule is CCC(C)(C)C1CCC(NC2CCOC2C)CC1. The van der Waals surface area contributed by atoms with Gasteiger partial charge in [-0.3, -0.25) is 0 Å². The Morgan fingerprint density at radius 3 is 2.28 bits per heavy atom. The minimum atomic E-state index is 0.412. The van der Waals surface area contributed by atoms with Crippen LogP contribution in [0.3, 0.4) is 0 Å². The van der Waals surface area contributed by atoms with Crippen LogP contribution in [0.4, 0.5) is 0 Å². The van der Waals surface area contributed by atoms with Crippen molar-refractivity contribution < 1.29 is 4.74 Å². The third-order valence-electron chi connectivity index (χ3n) is 5.57. The monoisotopic (exact) mass is 253 g/mol. The Bertz CT molecular complexity index is 256. The molecule has 1 aliphatic carbocycles. The molecule has 0 bridgehead atoms. The largest absolute Gasteiger partial charge is 0.377 e. The summed E-state index contributed by atoms with van der Waals surface area (Å²) in [5, 5.41) is 3.83. The Hall–Kier alpha value is -0.0800. The molecule has 1 N–H and O–H groups in total. The lowest BCUT2D eigenvalue weighted by Gasteiger charge is -2.40. The molecular formula is C16H31NO. The van der Waals surface area contributed by atoms with Gasteiger partial charge in [-0.05, 0) is 50.4 Å². The highest BCUT2D eigenvalue weighted by Gasteiger charge is 2.33. The molecule has 0 aromatic rings. The first-order valence-electron chi connectivity index (χ1n) is 7.90. The van der Waals surface area contributed by atoms with Gasteiger partial charge in [-0.25, -0.2) is 0 Å². The van der Waals surface area contributed by atoms with Crippen molar-refractivity contribution >= 4 is 0 Å². The van der Waals surface area contributed by atoms with Crippen molar-refractivity contribution in [2.24, 2.45) is 11.3 Å². The maximum Gasteiger partial charge on any atom is 0.0700 e. The van der Waals surface area contributed by atoms with Crippen LogP contribution in [0.5, 0.6) is 0 Å². The first kappa shape index (κ1) is 14.3. The fourth-order valence-corrected chi connectivity index (χ4v) is 3.58. The first-order valence-corrected chi connectivity index (χ1v) is 7.90. The van der Waals surface area contributed by atoms with Crippen molar-refractivity contribution in [1.82, 2.24) is 5.32 Å². The number of rotatable bonds is 4. The third-order valence-corrected chi connectivity index (χ3v) is 5.57. The van der Waals surface area contributed by atoms with Gasteiger partial charge in [-0.2, -0.15) is 0 Å². The molecule has 1 saturated carbocycles. The summed E-state index contributed by atoms with van der Waals surface area (Å²) in [6.07, 6.45) is 8.44. The summed E-state index contributed by atoms with van der Waals surface area (Å²) in [6.45, 7) is 10.4. The molecule has 2 rings (SSSR count). The van der Waals surface area contributed by atoms with Crippen LogP contribution in [-0.4, -0.2) is 24.8 Å². The maximum atomic E-state index is 5.64. The van der Waals surface area contributed by atoms with Crippen LogP contribution < -0.4 is 5.32 Å². The van der Waals surface area contributed by atoms with E-state index in [1.54, 1.807) is 0 Å². The standard InChI is InChI=1S/C16H31NO/c1-5-16(3,4)13-6-8-14(9-7-13)17-15-10-11-18-12(15)2/h12-15,17H,5-11H2,1-4H3. The second-order valence-corrected chi connectivity index (χ2v) is 7.03. The van der Waals surface area contributed by atoms with Crippen molar-refractivity contribution in [3.63, 3.8) is 0 Å². The molecule has 2 atom stereocenters. The van der Waals surface area contributed by atoms with E-state index in [4.69, 9.17) is 4.74 Å². The Balaban J connectivity index is 1.76. The number of ether oxygens (including phenoxy) is 1. The van der Waals surface area contributed by atoms with Crippen LogP contribution in [0.2, 0.25) is 0 Å². The average molecular weight is 253 g/mol. The Labute approximate surface area is 113 Å². The van der Waals surface area contributed by atoms with Crippen LogP contribution >= 0.6 is 0 Å². The lowest BCUT2D eigenvalue weighted by molar-refractivity contribution is 0.101. The van der Waals surface area contributed by atoms with Crippen LogP contribution in [0.25, 0.3) is 0 Å². The van der Waals surface area contributed by atoms with E-state index in [1.165, 1.54) is 38.5 Å². The van der Waals surface area contributed by atoms with Crippen LogP contribution in [0.15, 0.2) is 0 Å². The van der Waals surface area contributed by atoms with Crippen molar-refractivity contribution in [1.29, 1.82) is 0 Å². The van der Waals surface area contributed by atoms with Gasteiger partial charge in [0.1, 0.15) is 0 Å². The summed E-state index contributed by atoms with van der Waals surface area (Å²) in [7, 11) is 0. The molecule has 2 nitrogen and oxygen atoms in total. The Morgan fingerprint density at radius 1 is 1.11 bits per heavy atom. The molecular weight excluding hydrogens is 222 g/mol. The normalized spacial score (nSPS) is 38.0. The van der Waals surface area contributed by atoms with E-state index in [0.29, 0.717) is 17.6 Å². The minimum Gasteiger partial charge on any atom is -0.377 e. The van der Waals surface area contributed by atoms with Crippen LogP contribution in [0, 0.1) is 11.3 Å². The summed E-state index contributed by atoms with van der Waals surface area (Å²) in [5.74, 6) is 0.929. The van der Waals surface area contributed by atoms with E-state index < -0.39 is 0 Å². The number of hydrogen-bond donors (Lipinski definition) is 1. The van der Waals surface area contributed by atoms with Gasteiger partial charge >= 0.3 is 0 Å². The molecule has 18 heavy (non-hydrogen) atoms. The van der Waals surface area contributed by atoms with E-state index in [2.05, 4.69) is 33.0 Å². The molecule has 2 aliphatic rings. The second-order valence-electron chi connectivity index (χ2n) is 7.03. The number of hydrogen-bond acceptors (Lipinski definition) is 2. The molecule has 1 aliphatic heterocycles. The van der Waals surface area contributed by atoms with Crippen LogP contribution in [0.1, 0.15) is 66.2 Å². The molecule has 1 saturated heterocycles. The van der Waals surface area contributed by atoms with Gasteiger partial charge in [0.2, 0.25) is 0 Å². The van der Waals surface area contributed by atoms with Gasteiger partial charge < -0.3 is 10.1 Å². The molecule has 0 radical (unpaired) electrons. The van der Waals surface area contributed by atoms with Gasteiger partial charge in [0.25, 0.3) is 0 Å². The van der Waals surface area contributed by atoms with Crippen molar-refractivity contribution in [2.45, 2.75) is 84.4 Å². The van der Waals surface area contributed by atoms with E-state index in [9.17, 15) is 0 Å². The summed E-state index contributed by atoms with van der Waals surface area (Å²) in [4.78, 5) is 0. The minimum absolute atomic E-state index is 0.412. The summed E-state index contributed by atoms with van der Waals surface area (Å²) in [5.41, 5.74) is 0.536. The molecule has 1 heterocycles. The molecule has 2 unspecified atom stereocenters. The zero-order valence-corrected chi connectivity index (χ0v) is 12.7. The van der Waals surface area contributed by atoms with Crippen molar-refractivity contribution in [2.75, 3.05) is 6.61 Å². The van der Waals surface area contributed by atoms with Crippen LogP contribution in [-0.2, 0) is 4.74 Å². The smallest absolute Gasteiger partial charge is 0.0700 e. The molecule has 0 amide bonds. The van der Waals surface area contributed by atoms with Crippen molar-refractivity contribution in [3.05, 3.63) is 0 Å². The predicted octanol–water partition coefficient (Wildman–Crippen LogP) is 3.75. The maximum absolute atomic E-state index is 5.64. The van der Waals surface area contributed by atoms with E-state index in [1.807, 2.05) is 0 Å². The zero-order chi connectivity index (χ0) is 13.2. The summed E-state index contributed by atoms with van der Waals surface area (Å²) < 4.78 is 5.64. The van der Waals surface area contributed by atoms with E-state index in [0.717, 1.165) is 18.6 Å². The van der Waals surface area contributed by atoms with E-state index >= 15 is 0 Å². The lowest BCUT2D eigenvalue weighted by Crippen LogP contribution is -2.44. The second kappa shape index (κ2) is 5.92. The average Bonchev–Trinajstić information content (AvgIpc) is 2.76. The van der Waals surface area contributed by atoms with Gasteiger partial charge in [-0.1, -0.05) is 27.2 Å². The highest BCUT2D eigenvalue weighted by Crippen LogP contribution is 2.40. The summed E-state index contributed by atoms with van der Waals surface area (Å²) in [6, 6.07) is 1.34. The predicted molar refractivity (Wildman–Crippen MR) is 76.8 cm³/mol. The van der Waals surface area contributed by atoms with Gasteiger partial charge in [-0.15, -0.1) is 0 Å². The van der Waals surface area contributed by atoms with Crippen molar-refractivity contribution in [3.8, 4) is 0 Å². The highest BCUT2D eigenvalue weighted by molar-refractivity contribution is 4.88. The quantitative estimate of drug-likeness (QED) is 0.824.